The van der Waals surface area contributed by atoms with Crippen LogP contribution in [0.2, 0.25) is 0 Å². The number of hydrogen-bond donors (Lipinski definition) is 1. The Morgan fingerprint density at radius 3 is 2.44 bits per heavy atom. The first-order valence-electron chi connectivity index (χ1n) is 5.03. The van der Waals surface area contributed by atoms with E-state index in [4.69, 9.17) is 4.74 Å². The minimum Gasteiger partial charge on any atom is -0.447 e. The lowest BCUT2D eigenvalue weighted by molar-refractivity contribution is 0.114. The SMILES string of the molecule is CC(C)OC(=O)N[C@@H]([C]=O)c1ccccc1. The molecule has 0 fully saturated rings. The Kier molecular flexibility index (Phi) is 4.51. The second-order valence-corrected chi connectivity index (χ2v) is 3.56. The van der Waals surface area contributed by atoms with Crippen LogP contribution in [-0.2, 0) is 9.53 Å². The molecule has 1 atom stereocenters. The lowest BCUT2D eigenvalue weighted by Gasteiger charge is -2.14. The van der Waals surface area contributed by atoms with Crippen LogP contribution in [0.5, 0.6) is 0 Å². The van der Waals surface area contributed by atoms with Crippen LogP contribution in [0.4, 0.5) is 4.79 Å². The highest BCUT2D eigenvalue weighted by Crippen LogP contribution is 2.09. The Hall–Kier alpha value is -1.84. The maximum atomic E-state index is 11.3. The number of hydrogen-bond acceptors (Lipinski definition) is 3. The van der Waals surface area contributed by atoms with Crippen LogP contribution in [0.1, 0.15) is 25.5 Å². The van der Waals surface area contributed by atoms with Gasteiger partial charge < -0.3 is 10.1 Å². The molecule has 1 radical (unpaired) electrons. The maximum Gasteiger partial charge on any atom is 0.408 e. The van der Waals surface area contributed by atoms with E-state index in [9.17, 15) is 9.59 Å². The quantitative estimate of drug-likeness (QED) is 0.844. The van der Waals surface area contributed by atoms with Crippen molar-refractivity contribution in [3.63, 3.8) is 0 Å². The molecule has 1 aromatic rings. The minimum absolute atomic E-state index is 0.219. The molecule has 4 heteroatoms. The predicted molar refractivity (Wildman–Crippen MR) is 59.6 cm³/mol. The fraction of sp³-hybridized carbons (Fsp3) is 0.333. The molecule has 0 aliphatic rings. The molecule has 0 aliphatic carbocycles. The van der Waals surface area contributed by atoms with E-state index in [2.05, 4.69) is 5.32 Å². The van der Waals surface area contributed by atoms with E-state index in [1.165, 1.54) is 0 Å². The van der Waals surface area contributed by atoms with Crippen molar-refractivity contribution < 1.29 is 14.3 Å². The van der Waals surface area contributed by atoms with Crippen molar-refractivity contribution in [3.05, 3.63) is 35.9 Å². The molecule has 0 aliphatic heterocycles. The highest BCUT2D eigenvalue weighted by Gasteiger charge is 2.15. The first-order chi connectivity index (χ1) is 7.63. The fourth-order valence-corrected chi connectivity index (χ4v) is 1.19. The predicted octanol–water partition coefficient (Wildman–Crippen LogP) is 1.97. The topological polar surface area (TPSA) is 55.4 Å². The van der Waals surface area contributed by atoms with E-state index >= 15 is 0 Å². The van der Waals surface area contributed by atoms with Crippen LogP contribution in [0, 0.1) is 0 Å². The fourth-order valence-electron chi connectivity index (χ4n) is 1.19. The van der Waals surface area contributed by atoms with Gasteiger partial charge in [0.05, 0.1) is 6.10 Å². The van der Waals surface area contributed by atoms with Crippen molar-refractivity contribution in [2.24, 2.45) is 0 Å². The summed E-state index contributed by atoms with van der Waals surface area (Å²) < 4.78 is 4.88. The van der Waals surface area contributed by atoms with Crippen LogP contribution in [0.25, 0.3) is 0 Å². The van der Waals surface area contributed by atoms with Gasteiger partial charge in [-0.2, -0.15) is 0 Å². The second-order valence-electron chi connectivity index (χ2n) is 3.56. The number of benzene rings is 1. The molecule has 0 saturated heterocycles. The molecule has 1 rings (SSSR count). The number of alkyl carbamates (subject to hydrolysis) is 1. The van der Waals surface area contributed by atoms with E-state index in [1.54, 1.807) is 44.4 Å². The maximum absolute atomic E-state index is 11.3. The molecule has 85 valence electrons. The van der Waals surface area contributed by atoms with Gasteiger partial charge in [0, 0.05) is 0 Å². The van der Waals surface area contributed by atoms with E-state index in [0.717, 1.165) is 0 Å². The van der Waals surface area contributed by atoms with Crippen molar-refractivity contribution in [2.75, 3.05) is 0 Å². The van der Waals surface area contributed by atoms with Crippen molar-refractivity contribution in [1.82, 2.24) is 5.32 Å². The second kappa shape index (κ2) is 5.90. The molecule has 16 heavy (non-hydrogen) atoms. The van der Waals surface area contributed by atoms with E-state index < -0.39 is 12.1 Å². The molecule has 1 N–H and O–H groups in total. The number of ether oxygens (including phenoxy) is 1. The van der Waals surface area contributed by atoms with Crippen molar-refractivity contribution in [2.45, 2.75) is 26.0 Å². The average Bonchev–Trinajstić information content (AvgIpc) is 2.26. The molecule has 0 aromatic heterocycles. The number of carbonyl (C=O) groups is 1. The molecule has 0 spiro atoms. The zero-order valence-corrected chi connectivity index (χ0v) is 9.27. The summed E-state index contributed by atoms with van der Waals surface area (Å²) in [5, 5.41) is 2.43. The van der Waals surface area contributed by atoms with Gasteiger partial charge in [-0.1, -0.05) is 30.3 Å². The van der Waals surface area contributed by atoms with Crippen LogP contribution < -0.4 is 5.32 Å². The summed E-state index contributed by atoms with van der Waals surface area (Å²) >= 11 is 0. The third-order valence-corrected chi connectivity index (χ3v) is 1.86. The molecule has 0 saturated carbocycles. The van der Waals surface area contributed by atoms with E-state index in [-0.39, 0.29) is 6.10 Å². The molecule has 0 bridgehead atoms. The molecular weight excluding hydrogens is 206 g/mol. The molecule has 0 heterocycles. The van der Waals surface area contributed by atoms with Gasteiger partial charge in [-0.15, -0.1) is 0 Å². The normalized spacial score (nSPS) is 11.9. The van der Waals surface area contributed by atoms with Gasteiger partial charge >= 0.3 is 6.09 Å². The molecule has 1 amide bonds. The third-order valence-electron chi connectivity index (χ3n) is 1.86. The van der Waals surface area contributed by atoms with E-state index in [1.807, 2.05) is 6.07 Å². The first kappa shape index (κ1) is 12.2. The summed E-state index contributed by atoms with van der Waals surface area (Å²) in [7, 11) is 0. The Morgan fingerprint density at radius 1 is 1.31 bits per heavy atom. The van der Waals surface area contributed by atoms with E-state index in [0.29, 0.717) is 5.56 Å². The molecule has 4 nitrogen and oxygen atoms in total. The minimum atomic E-state index is -0.785. The summed E-state index contributed by atoms with van der Waals surface area (Å²) in [4.78, 5) is 22.0. The van der Waals surface area contributed by atoms with Crippen LogP contribution >= 0.6 is 0 Å². The van der Waals surface area contributed by atoms with Gasteiger partial charge in [-0.3, -0.25) is 4.79 Å². The number of carbonyl (C=O) groups excluding carboxylic acids is 2. The first-order valence-corrected chi connectivity index (χ1v) is 5.03. The zero-order chi connectivity index (χ0) is 12.0. The van der Waals surface area contributed by atoms with Crippen molar-refractivity contribution >= 4 is 12.4 Å². The van der Waals surface area contributed by atoms with Gasteiger partial charge in [-0.05, 0) is 19.4 Å². The number of amides is 1. The summed E-state index contributed by atoms with van der Waals surface area (Å²) in [6.45, 7) is 3.48. The van der Waals surface area contributed by atoms with Crippen molar-refractivity contribution in [1.29, 1.82) is 0 Å². The lowest BCUT2D eigenvalue weighted by atomic mass is 10.1. The van der Waals surface area contributed by atoms with Gasteiger partial charge in [0.1, 0.15) is 6.04 Å². The summed E-state index contributed by atoms with van der Waals surface area (Å²) in [5.74, 6) is 0. The molecule has 1 aromatic carbocycles. The Labute approximate surface area is 94.6 Å². The summed E-state index contributed by atoms with van der Waals surface area (Å²) in [6, 6.07) is 8.10. The molecule has 0 unspecified atom stereocenters. The van der Waals surface area contributed by atoms with Crippen LogP contribution in [0.3, 0.4) is 0 Å². The van der Waals surface area contributed by atoms with Crippen LogP contribution in [0.15, 0.2) is 30.3 Å². The highest BCUT2D eigenvalue weighted by molar-refractivity contribution is 5.74. The Morgan fingerprint density at radius 2 is 1.94 bits per heavy atom. The largest absolute Gasteiger partial charge is 0.447 e. The monoisotopic (exact) mass is 220 g/mol. The number of nitrogens with one attached hydrogen (secondary N) is 1. The zero-order valence-electron chi connectivity index (χ0n) is 9.27. The lowest BCUT2D eigenvalue weighted by Crippen LogP contribution is -2.31. The van der Waals surface area contributed by atoms with Gasteiger partial charge in [-0.25, -0.2) is 4.79 Å². The van der Waals surface area contributed by atoms with Gasteiger partial charge in [0.15, 0.2) is 0 Å². The highest BCUT2D eigenvalue weighted by atomic mass is 16.6. The average molecular weight is 220 g/mol. The number of rotatable bonds is 4. The Bertz CT molecular complexity index is 349. The smallest absolute Gasteiger partial charge is 0.408 e. The van der Waals surface area contributed by atoms with Crippen molar-refractivity contribution in [3.8, 4) is 0 Å². The molecular formula is C12H14NO3. The third kappa shape index (κ3) is 3.73. The van der Waals surface area contributed by atoms with Crippen LogP contribution in [-0.4, -0.2) is 18.5 Å². The summed E-state index contributed by atoms with van der Waals surface area (Å²) in [6.07, 6.45) is 0.923. The standard InChI is InChI=1S/C12H14NO3/c1-9(2)16-12(15)13-11(8-14)10-6-4-3-5-7-10/h3-7,9,11H,1-2H3,(H,13,15)/t11-/m0/s1. The van der Waals surface area contributed by atoms with Gasteiger partial charge in [0.25, 0.3) is 0 Å². The Balaban J connectivity index is 2.63. The summed E-state index contributed by atoms with van der Waals surface area (Å²) in [5.41, 5.74) is 0.679. The van der Waals surface area contributed by atoms with Gasteiger partial charge in [0.2, 0.25) is 6.29 Å².